The highest BCUT2D eigenvalue weighted by Crippen LogP contribution is 2.40. The first-order valence-electron chi connectivity index (χ1n) is 4.52. The number of aromatic amines is 1. The maximum Gasteiger partial charge on any atom is 0.343 e. The molecule has 0 aromatic carbocycles. The van der Waals surface area contributed by atoms with Crippen LogP contribution in [0.4, 0.5) is 0 Å². The predicted octanol–water partition coefficient (Wildman–Crippen LogP) is -0.00280. The number of nitrogens with one attached hydrogen (secondary N) is 1. The van der Waals surface area contributed by atoms with Crippen molar-refractivity contribution in [3.63, 3.8) is 0 Å². The lowest BCUT2D eigenvalue weighted by Crippen LogP contribution is -2.25. The molecule has 1 aliphatic rings. The number of aromatic nitrogens is 3. The molecule has 0 spiro atoms. The normalized spacial score (nSPS) is 18.0. The largest absolute Gasteiger partial charge is 0.481 e. The van der Waals surface area contributed by atoms with Gasteiger partial charge in [0.05, 0.1) is 12.5 Å². The van der Waals surface area contributed by atoms with Crippen molar-refractivity contribution in [3.8, 4) is 0 Å². The van der Waals surface area contributed by atoms with Crippen LogP contribution in [0, 0.1) is 5.92 Å². The molecule has 1 unspecified atom stereocenters. The summed E-state index contributed by atoms with van der Waals surface area (Å²) in [6, 6.07) is -0.237. The van der Waals surface area contributed by atoms with E-state index < -0.39 is 5.97 Å². The van der Waals surface area contributed by atoms with Crippen LogP contribution >= 0.6 is 0 Å². The highest BCUT2D eigenvalue weighted by Gasteiger charge is 2.34. The number of nitrogens with zero attached hydrogens (tertiary/aromatic N) is 2. The van der Waals surface area contributed by atoms with Gasteiger partial charge in [0.1, 0.15) is 6.33 Å². The topological polar surface area (TPSA) is 88.0 Å². The van der Waals surface area contributed by atoms with E-state index in [1.807, 2.05) is 0 Å². The minimum absolute atomic E-state index is 0.00981. The average molecular weight is 197 g/mol. The standard InChI is InChI=1S/C8H11N3O3/c12-7(13)3-6(5-1-2-5)11-4-9-10-8(11)14/h4-6H,1-3H2,(H,10,14)(H,12,13). The Morgan fingerprint density at radius 1 is 1.79 bits per heavy atom. The fourth-order valence-corrected chi connectivity index (χ4v) is 1.64. The van der Waals surface area contributed by atoms with Crippen LogP contribution in [0.1, 0.15) is 25.3 Å². The molecule has 14 heavy (non-hydrogen) atoms. The minimum Gasteiger partial charge on any atom is -0.481 e. The first-order chi connectivity index (χ1) is 6.68. The van der Waals surface area contributed by atoms with E-state index in [1.54, 1.807) is 0 Å². The SMILES string of the molecule is O=C(O)CC(C1CC1)n1cn[nH]c1=O. The summed E-state index contributed by atoms with van der Waals surface area (Å²) in [7, 11) is 0. The van der Waals surface area contributed by atoms with Gasteiger partial charge in [0.2, 0.25) is 0 Å². The Hall–Kier alpha value is -1.59. The van der Waals surface area contributed by atoms with E-state index in [1.165, 1.54) is 10.9 Å². The second-order valence-electron chi connectivity index (χ2n) is 3.57. The molecule has 1 aromatic heterocycles. The Bertz CT molecular complexity index is 391. The number of hydrogen-bond acceptors (Lipinski definition) is 3. The van der Waals surface area contributed by atoms with E-state index >= 15 is 0 Å². The van der Waals surface area contributed by atoms with Gasteiger partial charge in [-0.2, -0.15) is 5.10 Å². The summed E-state index contributed by atoms with van der Waals surface area (Å²) in [5.41, 5.74) is -0.330. The van der Waals surface area contributed by atoms with Crippen molar-refractivity contribution in [2.45, 2.75) is 25.3 Å². The van der Waals surface area contributed by atoms with Gasteiger partial charge < -0.3 is 5.11 Å². The van der Waals surface area contributed by atoms with Crippen molar-refractivity contribution >= 4 is 5.97 Å². The molecule has 6 heteroatoms. The second kappa shape index (κ2) is 3.28. The summed E-state index contributed by atoms with van der Waals surface area (Å²) in [6.07, 6.45) is 3.35. The summed E-state index contributed by atoms with van der Waals surface area (Å²) in [5.74, 6) is -0.559. The van der Waals surface area contributed by atoms with E-state index in [-0.39, 0.29) is 18.2 Å². The highest BCUT2D eigenvalue weighted by molar-refractivity contribution is 5.67. The maximum absolute atomic E-state index is 11.2. The summed E-state index contributed by atoms with van der Waals surface area (Å²) in [5, 5.41) is 14.6. The van der Waals surface area contributed by atoms with E-state index in [4.69, 9.17) is 5.11 Å². The van der Waals surface area contributed by atoms with Crippen molar-refractivity contribution in [2.75, 3.05) is 0 Å². The smallest absolute Gasteiger partial charge is 0.343 e. The third kappa shape index (κ3) is 1.68. The molecule has 1 atom stereocenters. The van der Waals surface area contributed by atoms with Crippen LogP contribution in [-0.4, -0.2) is 25.8 Å². The van der Waals surface area contributed by atoms with Crippen LogP contribution in [0.3, 0.4) is 0 Å². The molecule has 2 rings (SSSR count). The number of carboxylic acid groups (broad SMARTS) is 1. The first kappa shape index (κ1) is 8.98. The Kier molecular flexibility index (Phi) is 2.11. The van der Waals surface area contributed by atoms with Gasteiger partial charge in [-0.1, -0.05) is 0 Å². The summed E-state index contributed by atoms with van der Waals surface area (Å²) >= 11 is 0. The lowest BCUT2D eigenvalue weighted by Gasteiger charge is -2.13. The molecule has 76 valence electrons. The maximum atomic E-state index is 11.2. The molecule has 1 fully saturated rings. The number of rotatable bonds is 4. The van der Waals surface area contributed by atoms with Gasteiger partial charge in [-0.05, 0) is 18.8 Å². The third-order valence-electron chi connectivity index (χ3n) is 2.48. The van der Waals surface area contributed by atoms with Gasteiger partial charge in [-0.15, -0.1) is 0 Å². The van der Waals surface area contributed by atoms with E-state index in [0.717, 1.165) is 12.8 Å². The molecule has 1 heterocycles. The molecule has 1 aliphatic carbocycles. The highest BCUT2D eigenvalue weighted by atomic mass is 16.4. The van der Waals surface area contributed by atoms with Crippen molar-refractivity contribution in [1.29, 1.82) is 0 Å². The lowest BCUT2D eigenvalue weighted by molar-refractivity contribution is -0.138. The predicted molar refractivity (Wildman–Crippen MR) is 46.9 cm³/mol. The second-order valence-corrected chi connectivity index (χ2v) is 3.57. The van der Waals surface area contributed by atoms with Crippen LogP contribution in [0.15, 0.2) is 11.1 Å². The molecule has 0 amide bonds. The minimum atomic E-state index is -0.880. The molecular formula is C8H11N3O3. The van der Waals surface area contributed by atoms with Gasteiger partial charge in [0, 0.05) is 0 Å². The zero-order valence-corrected chi connectivity index (χ0v) is 7.51. The number of carboxylic acids is 1. The van der Waals surface area contributed by atoms with Crippen LogP contribution < -0.4 is 5.69 Å². The van der Waals surface area contributed by atoms with Crippen LogP contribution in [0.5, 0.6) is 0 Å². The van der Waals surface area contributed by atoms with E-state index in [0.29, 0.717) is 5.92 Å². The number of hydrogen-bond donors (Lipinski definition) is 2. The Labute approximate surface area is 79.6 Å². The number of aliphatic carboxylic acids is 1. The average Bonchev–Trinajstić information content (AvgIpc) is 2.86. The number of H-pyrrole nitrogens is 1. The molecule has 0 bridgehead atoms. The van der Waals surface area contributed by atoms with Gasteiger partial charge >= 0.3 is 11.7 Å². The summed E-state index contributed by atoms with van der Waals surface area (Å²) in [4.78, 5) is 21.8. The van der Waals surface area contributed by atoms with Crippen molar-refractivity contribution in [3.05, 3.63) is 16.8 Å². The monoisotopic (exact) mass is 197 g/mol. The van der Waals surface area contributed by atoms with Gasteiger partial charge in [0.25, 0.3) is 0 Å². The molecule has 0 radical (unpaired) electrons. The van der Waals surface area contributed by atoms with Crippen LogP contribution in [-0.2, 0) is 4.79 Å². The van der Waals surface area contributed by atoms with Gasteiger partial charge in [-0.3, -0.25) is 9.36 Å². The fourth-order valence-electron chi connectivity index (χ4n) is 1.64. The van der Waals surface area contributed by atoms with E-state index in [2.05, 4.69) is 10.2 Å². The molecule has 2 N–H and O–H groups in total. The Balaban J connectivity index is 2.22. The van der Waals surface area contributed by atoms with Crippen LogP contribution in [0.2, 0.25) is 0 Å². The van der Waals surface area contributed by atoms with Gasteiger partial charge in [-0.25, -0.2) is 9.89 Å². The van der Waals surface area contributed by atoms with Crippen molar-refractivity contribution in [1.82, 2.24) is 14.8 Å². The summed E-state index contributed by atoms with van der Waals surface area (Å²) < 4.78 is 1.38. The molecule has 1 saturated carbocycles. The Morgan fingerprint density at radius 2 is 2.50 bits per heavy atom. The lowest BCUT2D eigenvalue weighted by atomic mass is 10.1. The van der Waals surface area contributed by atoms with Crippen molar-refractivity contribution < 1.29 is 9.90 Å². The molecular weight excluding hydrogens is 186 g/mol. The third-order valence-corrected chi connectivity index (χ3v) is 2.48. The quantitative estimate of drug-likeness (QED) is 0.711. The molecule has 6 nitrogen and oxygen atoms in total. The Morgan fingerprint density at radius 3 is 2.93 bits per heavy atom. The molecule has 1 aromatic rings. The van der Waals surface area contributed by atoms with Gasteiger partial charge in [0.15, 0.2) is 0 Å². The summed E-state index contributed by atoms with van der Waals surface area (Å²) in [6.45, 7) is 0. The zero-order valence-electron chi connectivity index (χ0n) is 7.51. The zero-order chi connectivity index (χ0) is 10.1. The van der Waals surface area contributed by atoms with Crippen LogP contribution in [0.25, 0.3) is 0 Å². The molecule has 0 saturated heterocycles. The van der Waals surface area contributed by atoms with Crippen molar-refractivity contribution in [2.24, 2.45) is 5.92 Å². The fraction of sp³-hybridized carbons (Fsp3) is 0.625. The number of carbonyl (C=O) groups is 1. The van der Waals surface area contributed by atoms with E-state index in [9.17, 15) is 9.59 Å². The molecule has 0 aliphatic heterocycles. The first-order valence-corrected chi connectivity index (χ1v) is 4.52.